The van der Waals surface area contributed by atoms with E-state index in [4.69, 9.17) is 10.1 Å². The summed E-state index contributed by atoms with van der Waals surface area (Å²) in [6.45, 7) is 0. The molecule has 1 heterocycles. The van der Waals surface area contributed by atoms with E-state index in [1.807, 2.05) is 0 Å². The second-order valence-corrected chi connectivity index (χ2v) is 5.88. The molecule has 2 aromatic carbocycles. The van der Waals surface area contributed by atoms with Crippen LogP contribution in [0.25, 0.3) is 6.08 Å². The topological polar surface area (TPSA) is 73.6 Å². The number of phenolic OH excluding ortho intramolecular Hbond substituents is 1. The van der Waals surface area contributed by atoms with Crippen molar-refractivity contribution in [3.05, 3.63) is 59.0 Å². The second kappa shape index (κ2) is 6.18. The van der Waals surface area contributed by atoms with Gasteiger partial charge in [0, 0.05) is 0 Å². The van der Waals surface area contributed by atoms with E-state index in [1.165, 1.54) is 4.90 Å². The maximum Gasteiger partial charge on any atom is 0.271 e. The standard InChI is InChI=1S/C17H14N2O3S/c1-22-14-8-4-12(5-9-14)19-16(21)15(23-17(19)18)10-11-2-6-13(20)7-3-11/h2-10,18,20H,1H3/b15-10-,18-17?. The van der Waals surface area contributed by atoms with E-state index in [9.17, 15) is 9.90 Å². The molecule has 3 rings (SSSR count). The van der Waals surface area contributed by atoms with E-state index >= 15 is 0 Å². The van der Waals surface area contributed by atoms with Gasteiger partial charge in [0.25, 0.3) is 5.91 Å². The van der Waals surface area contributed by atoms with Crippen molar-refractivity contribution in [3.63, 3.8) is 0 Å². The van der Waals surface area contributed by atoms with Gasteiger partial charge in [0.2, 0.25) is 0 Å². The van der Waals surface area contributed by atoms with Crippen LogP contribution in [-0.2, 0) is 4.79 Å². The Morgan fingerprint density at radius 2 is 1.78 bits per heavy atom. The zero-order valence-corrected chi connectivity index (χ0v) is 13.1. The number of hydrogen-bond donors (Lipinski definition) is 2. The maximum atomic E-state index is 12.6. The summed E-state index contributed by atoms with van der Waals surface area (Å²) < 4.78 is 5.10. The normalized spacial score (nSPS) is 16.2. The number of nitrogens with zero attached hydrogens (tertiary/aromatic N) is 1. The molecule has 0 bridgehead atoms. The zero-order chi connectivity index (χ0) is 16.4. The fourth-order valence-corrected chi connectivity index (χ4v) is 3.04. The average molecular weight is 326 g/mol. The minimum atomic E-state index is -0.238. The smallest absolute Gasteiger partial charge is 0.271 e. The van der Waals surface area contributed by atoms with Crippen LogP contribution in [0.5, 0.6) is 11.5 Å². The third-order valence-corrected chi connectivity index (χ3v) is 4.23. The molecule has 1 aliphatic rings. The summed E-state index contributed by atoms with van der Waals surface area (Å²) in [7, 11) is 1.58. The Hall–Kier alpha value is -2.73. The number of phenols is 1. The number of amides is 1. The first-order valence-electron chi connectivity index (χ1n) is 6.84. The van der Waals surface area contributed by atoms with E-state index in [0.717, 1.165) is 17.3 Å². The van der Waals surface area contributed by atoms with Crippen molar-refractivity contribution >= 4 is 34.6 Å². The first-order valence-corrected chi connectivity index (χ1v) is 7.66. The Kier molecular flexibility index (Phi) is 4.08. The van der Waals surface area contributed by atoms with Crippen molar-refractivity contribution in [1.82, 2.24) is 0 Å². The lowest BCUT2D eigenvalue weighted by molar-refractivity contribution is -0.113. The summed E-state index contributed by atoms with van der Waals surface area (Å²) in [6, 6.07) is 13.5. The van der Waals surface area contributed by atoms with Crippen molar-refractivity contribution in [1.29, 1.82) is 5.41 Å². The highest BCUT2D eigenvalue weighted by atomic mass is 32.2. The summed E-state index contributed by atoms with van der Waals surface area (Å²) in [5.41, 5.74) is 1.42. The Labute approximate surface area is 137 Å². The van der Waals surface area contributed by atoms with Crippen LogP contribution in [0.15, 0.2) is 53.4 Å². The Bertz CT molecular complexity index is 782. The molecule has 6 heteroatoms. The largest absolute Gasteiger partial charge is 0.508 e. The summed E-state index contributed by atoms with van der Waals surface area (Å²) >= 11 is 1.11. The number of anilines is 1. The molecule has 1 amide bonds. The van der Waals surface area contributed by atoms with Crippen LogP contribution in [0, 0.1) is 5.41 Å². The fourth-order valence-electron chi connectivity index (χ4n) is 2.17. The van der Waals surface area contributed by atoms with Gasteiger partial charge in [-0.3, -0.25) is 15.1 Å². The lowest BCUT2D eigenvalue weighted by atomic mass is 10.2. The molecule has 0 unspecified atom stereocenters. The van der Waals surface area contributed by atoms with Gasteiger partial charge in [0.15, 0.2) is 5.17 Å². The number of nitrogens with one attached hydrogen (secondary N) is 1. The molecular formula is C17H14N2O3S. The molecule has 1 saturated heterocycles. The van der Waals surface area contributed by atoms with Crippen LogP contribution in [0.3, 0.4) is 0 Å². The van der Waals surface area contributed by atoms with Gasteiger partial charge in [-0.15, -0.1) is 0 Å². The summed E-state index contributed by atoms with van der Waals surface area (Å²) in [5, 5.41) is 17.5. The van der Waals surface area contributed by atoms with E-state index in [1.54, 1.807) is 61.7 Å². The number of carbonyl (C=O) groups excluding carboxylic acids is 1. The predicted molar refractivity (Wildman–Crippen MR) is 91.9 cm³/mol. The minimum absolute atomic E-state index is 0.158. The molecule has 0 atom stereocenters. The lowest BCUT2D eigenvalue weighted by Gasteiger charge is -2.14. The predicted octanol–water partition coefficient (Wildman–Crippen LogP) is 3.46. The molecule has 2 N–H and O–H groups in total. The third kappa shape index (κ3) is 3.07. The molecule has 23 heavy (non-hydrogen) atoms. The monoisotopic (exact) mass is 326 g/mol. The molecule has 5 nitrogen and oxygen atoms in total. The molecular weight excluding hydrogens is 312 g/mol. The molecule has 2 aromatic rings. The molecule has 1 fully saturated rings. The number of amidine groups is 1. The van der Waals surface area contributed by atoms with Crippen molar-refractivity contribution in [3.8, 4) is 11.5 Å². The van der Waals surface area contributed by atoms with Crippen LogP contribution >= 0.6 is 11.8 Å². The number of benzene rings is 2. The molecule has 116 valence electrons. The number of rotatable bonds is 3. The van der Waals surface area contributed by atoms with Crippen molar-refractivity contribution in [2.45, 2.75) is 0 Å². The molecule has 0 radical (unpaired) electrons. The van der Waals surface area contributed by atoms with Gasteiger partial charge in [-0.25, -0.2) is 0 Å². The van der Waals surface area contributed by atoms with Crippen LogP contribution in [0.1, 0.15) is 5.56 Å². The maximum absolute atomic E-state index is 12.6. The number of methoxy groups -OCH3 is 1. The highest BCUT2D eigenvalue weighted by molar-refractivity contribution is 8.19. The molecule has 1 aliphatic heterocycles. The minimum Gasteiger partial charge on any atom is -0.508 e. The number of hydrogen-bond acceptors (Lipinski definition) is 5. The Morgan fingerprint density at radius 3 is 2.39 bits per heavy atom. The quantitative estimate of drug-likeness (QED) is 0.847. The van der Waals surface area contributed by atoms with E-state index in [-0.39, 0.29) is 16.8 Å². The average Bonchev–Trinajstić information content (AvgIpc) is 2.84. The van der Waals surface area contributed by atoms with Crippen molar-refractivity contribution < 1.29 is 14.6 Å². The SMILES string of the molecule is COc1ccc(N2C(=N)S/C(=C\c3ccc(O)cc3)C2=O)cc1. The number of aromatic hydroxyl groups is 1. The van der Waals surface area contributed by atoms with Gasteiger partial charge in [-0.05, 0) is 59.8 Å². The van der Waals surface area contributed by atoms with Crippen molar-refractivity contribution in [2.75, 3.05) is 12.0 Å². The van der Waals surface area contributed by atoms with Crippen LogP contribution < -0.4 is 9.64 Å². The van der Waals surface area contributed by atoms with E-state index < -0.39 is 0 Å². The molecule has 0 aliphatic carbocycles. The third-order valence-electron chi connectivity index (χ3n) is 3.35. The van der Waals surface area contributed by atoms with E-state index in [2.05, 4.69) is 0 Å². The Balaban J connectivity index is 1.88. The first-order chi connectivity index (χ1) is 11.1. The zero-order valence-electron chi connectivity index (χ0n) is 12.3. The molecule has 0 aromatic heterocycles. The highest BCUT2D eigenvalue weighted by Crippen LogP contribution is 2.35. The first kappa shape index (κ1) is 15.2. The van der Waals surface area contributed by atoms with Gasteiger partial charge in [0.05, 0.1) is 17.7 Å². The summed E-state index contributed by atoms with van der Waals surface area (Å²) in [5.74, 6) is 0.628. The van der Waals surface area contributed by atoms with Gasteiger partial charge in [-0.2, -0.15) is 0 Å². The fraction of sp³-hybridized carbons (Fsp3) is 0.0588. The lowest BCUT2D eigenvalue weighted by Crippen LogP contribution is -2.27. The molecule has 0 saturated carbocycles. The summed E-state index contributed by atoms with van der Waals surface area (Å²) in [6.07, 6.45) is 1.71. The van der Waals surface area contributed by atoms with Gasteiger partial charge in [-0.1, -0.05) is 12.1 Å². The van der Waals surface area contributed by atoms with Crippen LogP contribution in [-0.4, -0.2) is 23.3 Å². The Morgan fingerprint density at radius 1 is 1.13 bits per heavy atom. The van der Waals surface area contributed by atoms with Crippen LogP contribution in [0.4, 0.5) is 5.69 Å². The van der Waals surface area contributed by atoms with Gasteiger partial charge in [0.1, 0.15) is 11.5 Å². The van der Waals surface area contributed by atoms with Gasteiger partial charge >= 0.3 is 0 Å². The highest BCUT2D eigenvalue weighted by Gasteiger charge is 2.33. The van der Waals surface area contributed by atoms with Gasteiger partial charge < -0.3 is 9.84 Å². The molecule has 0 spiro atoms. The number of thioether (sulfide) groups is 1. The summed E-state index contributed by atoms with van der Waals surface area (Å²) in [4.78, 5) is 14.4. The number of ether oxygens (including phenoxy) is 1. The van der Waals surface area contributed by atoms with Crippen LogP contribution in [0.2, 0.25) is 0 Å². The van der Waals surface area contributed by atoms with E-state index in [0.29, 0.717) is 16.3 Å². The van der Waals surface area contributed by atoms with Crippen molar-refractivity contribution in [2.24, 2.45) is 0 Å². The number of carbonyl (C=O) groups is 1. The second-order valence-electron chi connectivity index (χ2n) is 4.85.